The third-order valence-electron chi connectivity index (χ3n) is 1.88. The molecule has 16 heavy (non-hydrogen) atoms. The van der Waals surface area contributed by atoms with Crippen LogP contribution in [0.25, 0.3) is 0 Å². The van der Waals surface area contributed by atoms with Crippen molar-refractivity contribution in [3.63, 3.8) is 0 Å². The van der Waals surface area contributed by atoms with Crippen molar-refractivity contribution in [2.24, 2.45) is 0 Å². The van der Waals surface area contributed by atoms with E-state index in [1.807, 2.05) is 39.1 Å². The van der Waals surface area contributed by atoms with E-state index < -0.39 is 0 Å². The molecule has 0 saturated carbocycles. The van der Waals surface area contributed by atoms with Gasteiger partial charge in [-0.1, -0.05) is 19.9 Å². The summed E-state index contributed by atoms with van der Waals surface area (Å²) in [5.41, 5.74) is 1.16. The predicted octanol–water partition coefficient (Wildman–Crippen LogP) is 2.75. The Kier molecular flexibility index (Phi) is 8.53. The van der Waals surface area contributed by atoms with Crippen LogP contribution in [0.1, 0.15) is 25.8 Å². The third kappa shape index (κ3) is 7.23. The van der Waals surface area contributed by atoms with Crippen LogP contribution in [0.4, 0.5) is 0 Å². The summed E-state index contributed by atoms with van der Waals surface area (Å²) in [6, 6.07) is 3.92. The molecule has 0 aliphatic heterocycles. The molecule has 0 N–H and O–H groups in total. The van der Waals surface area contributed by atoms with Gasteiger partial charge in [0.25, 0.3) is 0 Å². The van der Waals surface area contributed by atoms with Gasteiger partial charge in [0.15, 0.2) is 0 Å². The molecule has 0 aromatic carbocycles. The molecular formula is C13H24N2O. The average Bonchev–Trinajstić information content (AvgIpc) is 2.29. The van der Waals surface area contributed by atoms with Gasteiger partial charge in [0.05, 0.1) is 6.61 Å². The number of aryl methyl sites for hydroxylation is 1. The lowest BCUT2D eigenvalue weighted by Crippen LogP contribution is -2.15. The van der Waals surface area contributed by atoms with Crippen molar-refractivity contribution in [3.05, 3.63) is 23.9 Å². The van der Waals surface area contributed by atoms with E-state index in [-0.39, 0.29) is 0 Å². The lowest BCUT2D eigenvalue weighted by molar-refractivity contribution is 0.273. The van der Waals surface area contributed by atoms with Crippen molar-refractivity contribution in [1.29, 1.82) is 0 Å². The zero-order valence-electron chi connectivity index (χ0n) is 11.2. The molecule has 1 heterocycles. The highest BCUT2D eigenvalue weighted by atomic mass is 16.5. The van der Waals surface area contributed by atoms with E-state index in [9.17, 15) is 0 Å². The van der Waals surface area contributed by atoms with Crippen molar-refractivity contribution < 1.29 is 4.74 Å². The summed E-state index contributed by atoms with van der Waals surface area (Å²) in [7, 11) is 4.12. The van der Waals surface area contributed by atoms with E-state index in [1.54, 1.807) is 0 Å². The van der Waals surface area contributed by atoms with Gasteiger partial charge >= 0.3 is 0 Å². The van der Waals surface area contributed by atoms with Gasteiger partial charge in [0.2, 0.25) is 5.88 Å². The van der Waals surface area contributed by atoms with Gasteiger partial charge in [-0.2, -0.15) is 0 Å². The lowest BCUT2D eigenvalue weighted by Gasteiger charge is -2.09. The molecule has 1 rings (SSSR count). The first-order valence-corrected chi connectivity index (χ1v) is 5.88. The van der Waals surface area contributed by atoms with Gasteiger partial charge in [-0.3, -0.25) is 0 Å². The Balaban J connectivity index is 0.00000106. The van der Waals surface area contributed by atoms with Crippen LogP contribution in [-0.4, -0.2) is 37.1 Å². The SMILES string of the molecule is CC.Cc1ccc(OCCCN(C)C)nc1. The molecule has 0 amide bonds. The van der Waals surface area contributed by atoms with E-state index in [1.165, 1.54) is 0 Å². The zero-order valence-corrected chi connectivity index (χ0v) is 11.2. The second kappa shape index (κ2) is 9.16. The van der Waals surface area contributed by atoms with Gasteiger partial charge < -0.3 is 9.64 Å². The zero-order chi connectivity index (χ0) is 12.4. The minimum Gasteiger partial charge on any atom is -0.478 e. The number of pyridine rings is 1. The van der Waals surface area contributed by atoms with Crippen LogP contribution in [-0.2, 0) is 0 Å². The van der Waals surface area contributed by atoms with E-state index >= 15 is 0 Å². The Morgan fingerprint density at radius 3 is 2.44 bits per heavy atom. The summed E-state index contributed by atoms with van der Waals surface area (Å²) in [6.07, 6.45) is 2.85. The van der Waals surface area contributed by atoms with Crippen molar-refractivity contribution in [3.8, 4) is 5.88 Å². The maximum absolute atomic E-state index is 5.47. The summed E-state index contributed by atoms with van der Waals surface area (Å²) in [6.45, 7) is 7.79. The maximum atomic E-state index is 5.47. The van der Waals surface area contributed by atoms with Gasteiger partial charge in [-0.05, 0) is 33.0 Å². The second-order valence-electron chi connectivity index (χ2n) is 3.68. The molecular weight excluding hydrogens is 200 g/mol. The normalized spacial score (nSPS) is 9.62. The molecule has 0 fully saturated rings. The van der Waals surface area contributed by atoms with Crippen molar-refractivity contribution in [2.75, 3.05) is 27.2 Å². The third-order valence-corrected chi connectivity index (χ3v) is 1.88. The molecule has 0 unspecified atom stereocenters. The smallest absolute Gasteiger partial charge is 0.213 e. The molecule has 0 aliphatic rings. The van der Waals surface area contributed by atoms with Crippen LogP contribution >= 0.6 is 0 Å². The first kappa shape index (κ1) is 14.9. The molecule has 0 saturated heterocycles. The van der Waals surface area contributed by atoms with E-state index in [4.69, 9.17) is 4.74 Å². The maximum Gasteiger partial charge on any atom is 0.213 e. The summed E-state index contributed by atoms with van der Waals surface area (Å²) in [4.78, 5) is 6.30. The van der Waals surface area contributed by atoms with Gasteiger partial charge in [0.1, 0.15) is 0 Å². The monoisotopic (exact) mass is 224 g/mol. The Labute approximate surface area is 99.4 Å². The first-order valence-electron chi connectivity index (χ1n) is 5.88. The van der Waals surface area contributed by atoms with Crippen LogP contribution in [0.5, 0.6) is 5.88 Å². The molecule has 3 nitrogen and oxygen atoms in total. The Hall–Kier alpha value is -1.09. The van der Waals surface area contributed by atoms with Gasteiger partial charge in [0, 0.05) is 18.8 Å². The van der Waals surface area contributed by atoms with E-state index in [2.05, 4.69) is 24.0 Å². The number of nitrogens with zero attached hydrogens (tertiary/aromatic N) is 2. The highest BCUT2D eigenvalue weighted by Crippen LogP contribution is 2.06. The van der Waals surface area contributed by atoms with Crippen LogP contribution in [0.2, 0.25) is 0 Å². The molecule has 0 radical (unpaired) electrons. The molecule has 1 aromatic rings. The van der Waals surface area contributed by atoms with Crippen LogP contribution < -0.4 is 4.74 Å². The van der Waals surface area contributed by atoms with Crippen molar-refractivity contribution in [2.45, 2.75) is 27.2 Å². The number of hydrogen-bond donors (Lipinski definition) is 0. The van der Waals surface area contributed by atoms with Crippen molar-refractivity contribution >= 4 is 0 Å². The lowest BCUT2D eigenvalue weighted by atomic mass is 10.3. The molecule has 0 spiro atoms. The van der Waals surface area contributed by atoms with E-state index in [0.717, 1.165) is 25.1 Å². The largest absolute Gasteiger partial charge is 0.478 e. The molecule has 0 atom stereocenters. The van der Waals surface area contributed by atoms with Crippen LogP contribution in [0.3, 0.4) is 0 Å². The minimum absolute atomic E-state index is 0.717. The fraction of sp³-hybridized carbons (Fsp3) is 0.615. The predicted molar refractivity (Wildman–Crippen MR) is 69.0 cm³/mol. The topological polar surface area (TPSA) is 25.4 Å². The first-order chi connectivity index (χ1) is 7.68. The summed E-state index contributed by atoms with van der Waals surface area (Å²) in [5, 5.41) is 0. The molecule has 0 aliphatic carbocycles. The fourth-order valence-corrected chi connectivity index (χ4v) is 1.10. The number of hydrogen-bond acceptors (Lipinski definition) is 3. The minimum atomic E-state index is 0.717. The summed E-state index contributed by atoms with van der Waals surface area (Å²) in [5.74, 6) is 0.717. The molecule has 92 valence electrons. The summed E-state index contributed by atoms with van der Waals surface area (Å²) < 4.78 is 5.47. The van der Waals surface area contributed by atoms with Crippen LogP contribution in [0, 0.1) is 6.92 Å². The fourth-order valence-electron chi connectivity index (χ4n) is 1.10. The van der Waals surface area contributed by atoms with Gasteiger partial charge in [-0.15, -0.1) is 0 Å². The van der Waals surface area contributed by atoms with Crippen LogP contribution in [0.15, 0.2) is 18.3 Å². The average molecular weight is 224 g/mol. The molecule has 3 heteroatoms. The summed E-state index contributed by atoms with van der Waals surface area (Å²) >= 11 is 0. The number of rotatable bonds is 5. The quantitative estimate of drug-likeness (QED) is 0.719. The number of aromatic nitrogens is 1. The highest BCUT2D eigenvalue weighted by molar-refractivity contribution is 5.16. The Bertz CT molecular complexity index is 257. The standard InChI is InChI=1S/C11H18N2O.C2H6/c1-10-5-6-11(12-9-10)14-8-4-7-13(2)3;1-2/h5-6,9H,4,7-8H2,1-3H3;1-2H3. The van der Waals surface area contributed by atoms with Crippen molar-refractivity contribution in [1.82, 2.24) is 9.88 Å². The van der Waals surface area contributed by atoms with Gasteiger partial charge in [-0.25, -0.2) is 4.98 Å². The highest BCUT2D eigenvalue weighted by Gasteiger charge is 1.95. The molecule has 1 aromatic heterocycles. The van der Waals surface area contributed by atoms with E-state index in [0.29, 0.717) is 5.88 Å². The second-order valence-corrected chi connectivity index (χ2v) is 3.68. The Morgan fingerprint density at radius 1 is 1.25 bits per heavy atom. The molecule has 0 bridgehead atoms. The Morgan fingerprint density at radius 2 is 1.94 bits per heavy atom. The number of ether oxygens (including phenoxy) is 1.